The van der Waals surface area contributed by atoms with Crippen molar-refractivity contribution < 1.29 is 18.5 Å². The largest absolute Gasteiger partial charge is 0.474 e. The van der Waals surface area contributed by atoms with Gasteiger partial charge >= 0.3 is 5.97 Å². The van der Waals surface area contributed by atoms with Crippen LogP contribution in [0.25, 0.3) is 10.8 Å². The van der Waals surface area contributed by atoms with E-state index in [2.05, 4.69) is 15.3 Å². The topological polar surface area (TPSA) is 129 Å². The second kappa shape index (κ2) is 10.7. The molecule has 0 unspecified atom stereocenters. The molecule has 1 aliphatic rings. The van der Waals surface area contributed by atoms with Gasteiger partial charge in [-0.1, -0.05) is 13.8 Å². The van der Waals surface area contributed by atoms with Crippen molar-refractivity contribution in [3.63, 3.8) is 0 Å². The van der Waals surface area contributed by atoms with Crippen LogP contribution < -0.4 is 15.8 Å². The Hall–Kier alpha value is -3.11. The molecule has 198 valence electrons. The molecule has 3 aromatic rings. The fraction of sp³-hybridized carbons (Fsp3) is 0.481. The molecule has 0 aromatic carbocycles. The van der Waals surface area contributed by atoms with Gasteiger partial charge in [-0.25, -0.2) is 19.7 Å². The third-order valence-corrected chi connectivity index (χ3v) is 7.85. The summed E-state index contributed by atoms with van der Waals surface area (Å²) < 4.78 is 23.0. The number of esters is 1. The summed E-state index contributed by atoms with van der Waals surface area (Å²) in [6.07, 6.45) is 6.14. The number of hydrogen-bond acceptors (Lipinski definition) is 9. The number of cyclic esters (lactones) is 1. The van der Waals surface area contributed by atoms with E-state index in [-0.39, 0.29) is 24.1 Å². The minimum atomic E-state index is -0.887. The van der Waals surface area contributed by atoms with E-state index in [1.54, 1.807) is 30.8 Å². The second-order valence-corrected chi connectivity index (χ2v) is 11.6. The summed E-state index contributed by atoms with van der Waals surface area (Å²) in [5.74, 6) is 1.81. The molecular formula is C27H35N5O4S. The Morgan fingerprint density at radius 3 is 2.68 bits per heavy atom. The minimum absolute atomic E-state index is 0.0222. The van der Waals surface area contributed by atoms with Gasteiger partial charge in [0.25, 0.3) is 0 Å². The Morgan fingerprint density at radius 1 is 1.22 bits per heavy atom. The van der Waals surface area contributed by atoms with Crippen LogP contribution in [0.2, 0.25) is 0 Å². The van der Waals surface area contributed by atoms with Crippen molar-refractivity contribution in [2.75, 3.05) is 17.3 Å². The normalized spacial score (nSPS) is 20.5. The zero-order chi connectivity index (χ0) is 26.9. The predicted molar refractivity (Wildman–Crippen MR) is 146 cm³/mol. The standard InChI is InChI=1S/C27H35N5O4S/c1-7-27(5,28)21-14-30-25(35-15(2)10-11-37(6)34)20-13-29-23(12-19(20)21)31-22-9-8-18-24(32-22)16(3)17(4)36-26(18)33/h8-9,12-17H,7,10-11,28H2,1-6H3,(H,29,31,32)/t15-,16+,17+,27-,37-/m1/s1. The average molecular weight is 526 g/mol. The summed E-state index contributed by atoms with van der Waals surface area (Å²) in [4.78, 5) is 26.2. The highest BCUT2D eigenvalue weighted by atomic mass is 32.2. The first-order valence-electron chi connectivity index (χ1n) is 12.5. The quantitative estimate of drug-likeness (QED) is 0.386. The van der Waals surface area contributed by atoms with Crippen LogP contribution in [0.5, 0.6) is 5.88 Å². The van der Waals surface area contributed by atoms with Gasteiger partial charge < -0.3 is 20.5 Å². The van der Waals surface area contributed by atoms with Gasteiger partial charge in [-0.05, 0) is 62.8 Å². The lowest BCUT2D eigenvalue weighted by molar-refractivity contribution is 0.0235. The van der Waals surface area contributed by atoms with Crippen LogP contribution in [-0.4, -0.2) is 49.3 Å². The van der Waals surface area contributed by atoms with Crippen molar-refractivity contribution in [1.82, 2.24) is 15.0 Å². The molecule has 37 heavy (non-hydrogen) atoms. The molecule has 3 N–H and O–H groups in total. The van der Waals surface area contributed by atoms with Gasteiger partial charge in [-0.15, -0.1) is 0 Å². The highest BCUT2D eigenvalue weighted by Gasteiger charge is 2.31. The third-order valence-electron chi connectivity index (χ3n) is 7.04. The van der Waals surface area contributed by atoms with Crippen molar-refractivity contribution >= 4 is 39.2 Å². The molecule has 0 saturated carbocycles. The van der Waals surface area contributed by atoms with Crippen LogP contribution in [0.1, 0.15) is 75.0 Å². The molecule has 4 heterocycles. The van der Waals surface area contributed by atoms with Crippen LogP contribution in [-0.2, 0) is 21.1 Å². The zero-order valence-corrected chi connectivity index (χ0v) is 23.0. The van der Waals surface area contributed by atoms with Crippen molar-refractivity contribution in [2.45, 2.75) is 71.1 Å². The van der Waals surface area contributed by atoms with Crippen molar-refractivity contribution in [2.24, 2.45) is 5.73 Å². The Balaban J connectivity index is 1.71. The zero-order valence-electron chi connectivity index (χ0n) is 22.2. The van der Waals surface area contributed by atoms with Crippen LogP contribution in [0.15, 0.2) is 30.6 Å². The molecule has 0 amide bonds. The summed E-state index contributed by atoms with van der Waals surface area (Å²) in [6, 6.07) is 5.40. The minimum Gasteiger partial charge on any atom is -0.474 e. The van der Waals surface area contributed by atoms with Crippen molar-refractivity contribution in [3.8, 4) is 5.88 Å². The van der Waals surface area contributed by atoms with Crippen LogP contribution in [0, 0.1) is 0 Å². The molecule has 0 spiro atoms. The number of carbonyl (C=O) groups excluding carboxylic acids is 1. The molecule has 0 fully saturated rings. The highest BCUT2D eigenvalue weighted by Crippen LogP contribution is 2.35. The van der Waals surface area contributed by atoms with Gasteiger partial charge in [0.1, 0.15) is 17.7 Å². The Morgan fingerprint density at radius 2 is 1.97 bits per heavy atom. The number of nitrogens with one attached hydrogen (secondary N) is 1. The van der Waals surface area contributed by atoms with Gasteiger partial charge in [0.05, 0.1) is 22.7 Å². The van der Waals surface area contributed by atoms with E-state index in [4.69, 9.17) is 20.2 Å². The first kappa shape index (κ1) is 26.9. The molecule has 0 radical (unpaired) electrons. The number of nitrogens with two attached hydrogens (primary N) is 1. The van der Waals surface area contributed by atoms with E-state index in [1.807, 2.05) is 40.7 Å². The van der Waals surface area contributed by atoms with Crippen LogP contribution >= 0.6 is 0 Å². The van der Waals surface area contributed by atoms with Gasteiger partial charge in [0.15, 0.2) is 0 Å². The molecule has 4 rings (SSSR count). The lowest BCUT2D eigenvalue weighted by Crippen LogP contribution is -2.32. The van der Waals surface area contributed by atoms with E-state index in [0.717, 1.165) is 16.3 Å². The molecular weight excluding hydrogens is 490 g/mol. The van der Waals surface area contributed by atoms with Gasteiger partial charge in [0.2, 0.25) is 5.88 Å². The lowest BCUT2D eigenvalue weighted by Gasteiger charge is -2.27. The lowest BCUT2D eigenvalue weighted by atomic mass is 9.88. The number of aromatic nitrogens is 3. The maximum Gasteiger partial charge on any atom is 0.340 e. The predicted octanol–water partition coefficient (Wildman–Crippen LogP) is 4.55. The molecule has 9 nitrogen and oxygen atoms in total. The number of carbonyl (C=O) groups is 1. The summed E-state index contributed by atoms with van der Waals surface area (Å²) in [5.41, 5.74) is 8.11. The van der Waals surface area contributed by atoms with Crippen LogP contribution in [0.3, 0.4) is 0 Å². The van der Waals surface area contributed by atoms with Gasteiger partial charge in [0, 0.05) is 46.7 Å². The summed E-state index contributed by atoms with van der Waals surface area (Å²) >= 11 is 0. The summed E-state index contributed by atoms with van der Waals surface area (Å²) in [7, 11) is -0.887. The Labute approximate surface area is 220 Å². The number of anilines is 2. The highest BCUT2D eigenvalue weighted by molar-refractivity contribution is 7.84. The molecule has 3 aromatic heterocycles. The van der Waals surface area contributed by atoms with E-state index in [9.17, 15) is 9.00 Å². The SMILES string of the molecule is CC[C@@](C)(N)c1cnc(O[C@H](C)CC[S@@](C)=O)c2cnc(Nc3ccc4c(n3)[C@@H](C)[C@H](C)OC4=O)cc12. The monoisotopic (exact) mass is 525 g/mol. The average Bonchev–Trinajstić information content (AvgIpc) is 2.86. The van der Waals surface area contributed by atoms with Crippen molar-refractivity contribution in [1.29, 1.82) is 0 Å². The second-order valence-electron chi connectivity index (χ2n) is 10.0. The Bertz CT molecular complexity index is 1350. The van der Waals surface area contributed by atoms with E-state index < -0.39 is 16.3 Å². The number of ether oxygens (including phenoxy) is 2. The number of fused-ring (bicyclic) bond motifs is 2. The third kappa shape index (κ3) is 5.75. The molecule has 0 saturated heterocycles. The first-order chi connectivity index (χ1) is 17.5. The molecule has 1 aliphatic heterocycles. The van der Waals surface area contributed by atoms with E-state index in [1.165, 1.54) is 0 Å². The number of pyridine rings is 3. The fourth-order valence-corrected chi connectivity index (χ4v) is 4.92. The van der Waals surface area contributed by atoms with Gasteiger partial charge in [-0.2, -0.15) is 0 Å². The van der Waals surface area contributed by atoms with E-state index >= 15 is 0 Å². The summed E-state index contributed by atoms with van der Waals surface area (Å²) in [6.45, 7) is 9.81. The number of rotatable bonds is 9. The first-order valence-corrected chi connectivity index (χ1v) is 14.3. The molecule has 0 bridgehead atoms. The number of hydrogen-bond donors (Lipinski definition) is 2. The van der Waals surface area contributed by atoms with E-state index in [0.29, 0.717) is 47.4 Å². The van der Waals surface area contributed by atoms with Gasteiger partial charge in [-0.3, -0.25) is 4.21 Å². The molecule has 5 atom stereocenters. The molecule has 0 aliphatic carbocycles. The maximum absolute atomic E-state index is 12.3. The summed E-state index contributed by atoms with van der Waals surface area (Å²) in [5, 5.41) is 4.91. The van der Waals surface area contributed by atoms with Crippen LogP contribution in [0.4, 0.5) is 11.6 Å². The maximum atomic E-state index is 12.3. The fourth-order valence-electron chi connectivity index (χ4n) is 4.25. The number of nitrogens with zero attached hydrogens (tertiary/aromatic N) is 3. The molecule has 10 heteroatoms. The smallest absolute Gasteiger partial charge is 0.340 e. The Kier molecular flexibility index (Phi) is 7.80. The van der Waals surface area contributed by atoms with Crippen molar-refractivity contribution in [3.05, 3.63) is 47.4 Å².